The Hall–Kier alpha value is -1.37. The molecule has 0 N–H and O–H groups in total. The van der Waals surface area contributed by atoms with E-state index >= 15 is 0 Å². The van der Waals surface area contributed by atoms with Crippen molar-refractivity contribution in [2.24, 2.45) is 0 Å². The van der Waals surface area contributed by atoms with Crippen molar-refractivity contribution >= 4 is 18.6 Å². The number of nitrogens with zero attached hydrogens (tertiary/aromatic N) is 1. The third-order valence-corrected chi connectivity index (χ3v) is 3.47. The molecule has 110 valence electrons. The fourth-order valence-electron chi connectivity index (χ4n) is 2.11. The molecule has 0 spiro atoms. The summed E-state index contributed by atoms with van der Waals surface area (Å²) in [6.45, 7) is 8.66. The molecule has 2 rings (SSSR count). The highest BCUT2D eigenvalue weighted by Crippen LogP contribution is 2.17. The summed E-state index contributed by atoms with van der Waals surface area (Å²) in [7, 11) is -6.00. The van der Waals surface area contributed by atoms with E-state index in [4.69, 9.17) is 0 Å². The lowest BCUT2D eigenvalue weighted by atomic mass is 10.0. The van der Waals surface area contributed by atoms with Crippen LogP contribution in [-0.2, 0) is 0 Å². The van der Waals surface area contributed by atoms with E-state index in [0.29, 0.717) is 0 Å². The van der Waals surface area contributed by atoms with Gasteiger partial charge in [0.1, 0.15) is 0 Å². The zero-order chi connectivity index (χ0) is 15.5. The van der Waals surface area contributed by atoms with E-state index in [9.17, 15) is 17.3 Å². The first-order chi connectivity index (χ1) is 9.09. The van der Waals surface area contributed by atoms with E-state index in [1.54, 1.807) is 11.3 Å². The Morgan fingerprint density at radius 1 is 0.950 bits per heavy atom. The van der Waals surface area contributed by atoms with Gasteiger partial charge in [-0.3, -0.25) is 0 Å². The fourth-order valence-corrected chi connectivity index (χ4v) is 2.88. The number of thiazole rings is 1. The van der Waals surface area contributed by atoms with Crippen LogP contribution < -0.4 is 4.57 Å². The summed E-state index contributed by atoms with van der Waals surface area (Å²) in [5.41, 5.74) is 8.83. The second-order valence-electron chi connectivity index (χ2n) is 4.61. The van der Waals surface area contributed by atoms with E-state index in [2.05, 4.69) is 55.3 Å². The van der Waals surface area contributed by atoms with Crippen LogP contribution in [0, 0.1) is 27.7 Å². The number of aromatic nitrogens is 1. The highest BCUT2D eigenvalue weighted by Gasteiger charge is 2.20. The molecule has 0 bridgehead atoms. The lowest BCUT2D eigenvalue weighted by Crippen LogP contribution is -2.32. The Labute approximate surface area is 120 Å². The summed E-state index contributed by atoms with van der Waals surface area (Å²) >= 11 is 1.75. The lowest BCUT2D eigenvalue weighted by Gasteiger charge is -2.04. The van der Waals surface area contributed by atoms with Gasteiger partial charge in [0.05, 0.1) is 5.38 Å². The molecule has 0 aliphatic heterocycles. The molecule has 1 aromatic heterocycles. The molecule has 1 nitrogen and oxygen atoms in total. The summed E-state index contributed by atoms with van der Waals surface area (Å²) < 4.78 is 41.3. The van der Waals surface area contributed by atoms with Crippen molar-refractivity contribution in [2.75, 3.05) is 0 Å². The first kappa shape index (κ1) is 16.7. The SMILES string of the molecule is Cc1cc(C)c(-[n+]2cscc2C)c(C)c1.F[B-](F)(F)F. The Morgan fingerprint density at radius 2 is 1.40 bits per heavy atom. The van der Waals surface area contributed by atoms with Gasteiger partial charge >= 0.3 is 7.25 Å². The van der Waals surface area contributed by atoms with Gasteiger partial charge < -0.3 is 17.3 Å². The number of aryl methyl sites for hydroxylation is 4. The van der Waals surface area contributed by atoms with Gasteiger partial charge in [0, 0.05) is 18.1 Å². The zero-order valence-corrected chi connectivity index (χ0v) is 12.6. The van der Waals surface area contributed by atoms with Crippen LogP contribution in [0.1, 0.15) is 22.4 Å². The molecule has 1 heterocycles. The number of benzene rings is 1. The van der Waals surface area contributed by atoms with Crippen LogP contribution >= 0.6 is 11.3 Å². The number of halogens is 4. The van der Waals surface area contributed by atoms with Crippen LogP contribution in [0.4, 0.5) is 17.3 Å². The minimum atomic E-state index is -6.00. The van der Waals surface area contributed by atoms with Crippen molar-refractivity contribution in [1.82, 2.24) is 0 Å². The van der Waals surface area contributed by atoms with Crippen molar-refractivity contribution in [3.8, 4) is 5.69 Å². The average Bonchev–Trinajstić information content (AvgIpc) is 2.60. The van der Waals surface area contributed by atoms with Crippen LogP contribution in [0.3, 0.4) is 0 Å². The Kier molecular flexibility index (Phi) is 5.33. The van der Waals surface area contributed by atoms with Gasteiger partial charge in [0.25, 0.3) is 0 Å². The number of hydrogen-bond donors (Lipinski definition) is 0. The van der Waals surface area contributed by atoms with Crippen molar-refractivity contribution < 1.29 is 21.8 Å². The molecule has 0 fully saturated rings. The third-order valence-electron chi connectivity index (χ3n) is 2.66. The minimum Gasteiger partial charge on any atom is -0.418 e. The van der Waals surface area contributed by atoms with E-state index in [1.165, 1.54) is 28.1 Å². The highest BCUT2D eigenvalue weighted by molar-refractivity contribution is 7.07. The molecular weight excluding hydrogens is 289 g/mol. The van der Waals surface area contributed by atoms with E-state index in [-0.39, 0.29) is 0 Å². The first-order valence-corrected chi connectivity index (χ1v) is 6.94. The number of hydrogen-bond acceptors (Lipinski definition) is 1. The van der Waals surface area contributed by atoms with Crippen molar-refractivity contribution in [1.29, 1.82) is 0 Å². The molecule has 0 radical (unpaired) electrons. The van der Waals surface area contributed by atoms with E-state index in [0.717, 1.165) is 0 Å². The second kappa shape index (κ2) is 6.39. The van der Waals surface area contributed by atoms with Gasteiger partial charge in [-0.1, -0.05) is 16.9 Å². The van der Waals surface area contributed by atoms with Crippen molar-refractivity contribution in [3.63, 3.8) is 0 Å². The van der Waals surface area contributed by atoms with Gasteiger partial charge in [0.15, 0.2) is 5.69 Å². The second-order valence-corrected chi connectivity index (χ2v) is 5.33. The normalized spacial score (nSPS) is 11.0. The molecule has 0 amide bonds. The highest BCUT2D eigenvalue weighted by atomic mass is 32.1. The van der Waals surface area contributed by atoms with Gasteiger partial charge in [0.2, 0.25) is 11.2 Å². The maximum absolute atomic E-state index is 9.75. The smallest absolute Gasteiger partial charge is 0.418 e. The Bertz CT molecular complexity index is 563. The van der Waals surface area contributed by atoms with Crippen molar-refractivity contribution in [3.05, 3.63) is 45.4 Å². The Balaban J connectivity index is 0.000000347. The molecule has 2 aromatic rings. The predicted molar refractivity (Wildman–Crippen MR) is 75.0 cm³/mol. The van der Waals surface area contributed by atoms with Gasteiger partial charge in [-0.05, 0) is 32.9 Å². The topological polar surface area (TPSA) is 3.88 Å². The summed E-state index contributed by atoms with van der Waals surface area (Å²) in [6.07, 6.45) is 0. The van der Waals surface area contributed by atoms with Crippen LogP contribution in [0.2, 0.25) is 0 Å². The lowest BCUT2D eigenvalue weighted by molar-refractivity contribution is -0.597. The summed E-state index contributed by atoms with van der Waals surface area (Å²) in [6, 6.07) is 4.48. The third kappa shape index (κ3) is 4.96. The largest absolute Gasteiger partial charge is 0.673 e. The molecule has 0 aliphatic carbocycles. The van der Waals surface area contributed by atoms with Crippen molar-refractivity contribution in [2.45, 2.75) is 27.7 Å². The summed E-state index contributed by atoms with van der Waals surface area (Å²) in [5.74, 6) is 0. The minimum absolute atomic E-state index is 1.30. The standard InChI is InChI=1S/C13H16NS.BF4/c1-9-5-10(2)13(11(3)6-9)14-8-15-7-12(14)4;2-1(3,4)5/h5-8H,1-4H3;/q+1;-1. The van der Waals surface area contributed by atoms with Gasteiger partial charge in [-0.15, -0.1) is 0 Å². The first-order valence-electron chi connectivity index (χ1n) is 5.99. The number of rotatable bonds is 1. The molecule has 20 heavy (non-hydrogen) atoms. The summed E-state index contributed by atoms with van der Waals surface area (Å²) in [4.78, 5) is 0. The van der Waals surface area contributed by atoms with Gasteiger partial charge in [-0.2, -0.15) is 4.57 Å². The molecule has 0 aliphatic rings. The fraction of sp³-hybridized carbons (Fsp3) is 0.308. The zero-order valence-electron chi connectivity index (χ0n) is 11.8. The Morgan fingerprint density at radius 3 is 1.75 bits per heavy atom. The molecule has 7 heteroatoms. The molecular formula is C13H16BF4NS. The molecule has 0 saturated heterocycles. The van der Waals surface area contributed by atoms with Gasteiger partial charge in [-0.25, -0.2) is 0 Å². The van der Waals surface area contributed by atoms with E-state index in [1.807, 2.05) is 0 Å². The quantitative estimate of drug-likeness (QED) is 0.413. The predicted octanol–water partition coefficient (Wildman–Crippen LogP) is 4.56. The molecule has 0 atom stereocenters. The maximum atomic E-state index is 9.75. The molecule has 0 unspecified atom stereocenters. The monoisotopic (exact) mass is 305 g/mol. The average molecular weight is 305 g/mol. The molecule has 0 saturated carbocycles. The van der Waals surface area contributed by atoms with Crippen LogP contribution in [-0.4, -0.2) is 7.25 Å². The maximum Gasteiger partial charge on any atom is 0.673 e. The molecule has 1 aromatic carbocycles. The van der Waals surface area contributed by atoms with E-state index < -0.39 is 7.25 Å². The van der Waals surface area contributed by atoms with Crippen LogP contribution in [0.15, 0.2) is 23.0 Å². The van der Waals surface area contributed by atoms with Crippen LogP contribution in [0.25, 0.3) is 5.69 Å². The van der Waals surface area contributed by atoms with Crippen LogP contribution in [0.5, 0.6) is 0 Å². The summed E-state index contributed by atoms with van der Waals surface area (Å²) in [5, 5.41) is 2.18.